The Kier molecular flexibility index (Phi) is 7.64. The van der Waals surface area contributed by atoms with Crippen LogP contribution in [0.5, 0.6) is 0 Å². The maximum atomic E-state index is 12.8. The number of aromatic nitrogens is 1. The normalized spacial score (nSPS) is 16.0. The number of anilines is 1. The molecule has 0 spiro atoms. The van der Waals surface area contributed by atoms with Gasteiger partial charge in [-0.3, -0.25) is 0 Å². The fourth-order valence-corrected chi connectivity index (χ4v) is 3.84. The predicted octanol–water partition coefficient (Wildman–Crippen LogP) is 5.00. The maximum absolute atomic E-state index is 12.8. The molecule has 1 aromatic heterocycles. The summed E-state index contributed by atoms with van der Waals surface area (Å²) in [6, 6.07) is 10.9. The van der Waals surface area contributed by atoms with Gasteiger partial charge in [-0.2, -0.15) is 13.2 Å². The van der Waals surface area contributed by atoms with Crippen molar-refractivity contribution in [2.24, 2.45) is 0 Å². The summed E-state index contributed by atoms with van der Waals surface area (Å²) in [6.45, 7) is 3.99. The second-order valence-corrected chi connectivity index (χ2v) is 8.14. The molecule has 1 N–H and O–H groups in total. The molecule has 3 rings (SSSR count). The number of halogens is 4. The minimum absolute atomic E-state index is 0.0260. The number of nitrogens with one attached hydrogen (secondary N) is 1. The van der Waals surface area contributed by atoms with Gasteiger partial charge in [0.2, 0.25) is 0 Å². The molecule has 1 unspecified atom stereocenters. The number of alkyl halides is 3. The molecule has 1 aliphatic rings. The lowest BCUT2D eigenvalue weighted by atomic mass is 10.1. The van der Waals surface area contributed by atoms with Crippen molar-refractivity contribution in [1.82, 2.24) is 15.2 Å². The predicted molar refractivity (Wildman–Crippen MR) is 115 cm³/mol. The fraction of sp³-hybridized carbons (Fsp3) is 0.455. The Balaban J connectivity index is 1.53. The van der Waals surface area contributed by atoms with Crippen molar-refractivity contribution in [3.8, 4) is 0 Å². The quantitative estimate of drug-likeness (QED) is 0.691. The van der Waals surface area contributed by atoms with Gasteiger partial charge in [-0.25, -0.2) is 9.78 Å². The SMILES string of the molecule is CC(CCc1ccccc1)NC(=O)N1CCCN(c2ncc(C(F)(F)F)cc2Cl)CC1. The van der Waals surface area contributed by atoms with Crippen molar-refractivity contribution in [3.05, 3.63) is 58.7 Å². The van der Waals surface area contributed by atoms with E-state index in [9.17, 15) is 18.0 Å². The summed E-state index contributed by atoms with van der Waals surface area (Å²) in [4.78, 5) is 20.2. The summed E-state index contributed by atoms with van der Waals surface area (Å²) >= 11 is 6.08. The van der Waals surface area contributed by atoms with Gasteiger partial charge in [0.1, 0.15) is 5.82 Å². The number of hydrogen-bond donors (Lipinski definition) is 1. The third-order valence-corrected chi connectivity index (χ3v) is 5.59. The highest BCUT2D eigenvalue weighted by Gasteiger charge is 2.32. The molecule has 5 nitrogen and oxygen atoms in total. The number of aryl methyl sites for hydroxylation is 1. The number of carbonyl (C=O) groups excluding carboxylic acids is 1. The zero-order valence-electron chi connectivity index (χ0n) is 17.3. The Morgan fingerprint density at radius 1 is 1.19 bits per heavy atom. The molecule has 1 aromatic carbocycles. The largest absolute Gasteiger partial charge is 0.417 e. The number of benzene rings is 1. The van der Waals surface area contributed by atoms with Crippen LogP contribution in [0.2, 0.25) is 5.02 Å². The molecular weight excluding hydrogens is 429 g/mol. The fourth-order valence-electron chi connectivity index (χ4n) is 3.55. The zero-order chi connectivity index (χ0) is 22.4. The van der Waals surface area contributed by atoms with Crippen LogP contribution in [0, 0.1) is 0 Å². The highest BCUT2D eigenvalue weighted by Crippen LogP contribution is 2.33. The Morgan fingerprint density at radius 2 is 1.94 bits per heavy atom. The molecule has 1 atom stereocenters. The van der Waals surface area contributed by atoms with E-state index in [4.69, 9.17) is 11.6 Å². The van der Waals surface area contributed by atoms with E-state index in [0.29, 0.717) is 38.4 Å². The lowest BCUT2D eigenvalue weighted by molar-refractivity contribution is -0.137. The molecule has 1 fully saturated rings. The number of amides is 2. The molecule has 1 saturated heterocycles. The van der Waals surface area contributed by atoms with Crippen LogP contribution >= 0.6 is 11.6 Å². The van der Waals surface area contributed by atoms with Gasteiger partial charge in [-0.15, -0.1) is 0 Å². The van der Waals surface area contributed by atoms with Crippen LogP contribution in [0.25, 0.3) is 0 Å². The van der Waals surface area contributed by atoms with Gasteiger partial charge < -0.3 is 15.1 Å². The molecule has 0 saturated carbocycles. The first kappa shape index (κ1) is 23.2. The Hall–Kier alpha value is -2.48. The van der Waals surface area contributed by atoms with E-state index < -0.39 is 11.7 Å². The first-order valence-electron chi connectivity index (χ1n) is 10.3. The van der Waals surface area contributed by atoms with Crippen LogP contribution in [-0.4, -0.2) is 48.1 Å². The van der Waals surface area contributed by atoms with E-state index in [1.54, 1.807) is 4.90 Å². The molecular formula is C22H26ClF3N4O. The smallest absolute Gasteiger partial charge is 0.354 e. The standard InChI is InChI=1S/C22H26ClF3N4O/c1-16(8-9-17-6-3-2-4-7-17)28-21(31)30-11-5-10-29(12-13-30)20-19(23)14-18(15-27-20)22(24,25)26/h2-4,6-7,14-16H,5,8-13H2,1H3,(H,28,31). The van der Waals surface area contributed by atoms with E-state index in [2.05, 4.69) is 22.4 Å². The number of urea groups is 1. The highest BCUT2D eigenvalue weighted by atomic mass is 35.5. The topological polar surface area (TPSA) is 48.5 Å². The molecule has 2 heterocycles. The molecule has 1 aliphatic heterocycles. The van der Waals surface area contributed by atoms with Gasteiger partial charge in [0.15, 0.2) is 0 Å². The van der Waals surface area contributed by atoms with Gasteiger partial charge in [0, 0.05) is 38.4 Å². The summed E-state index contributed by atoms with van der Waals surface area (Å²) < 4.78 is 38.5. The van der Waals surface area contributed by atoms with Gasteiger partial charge >= 0.3 is 12.2 Å². The second-order valence-electron chi connectivity index (χ2n) is 7.73. The summed E-state index contributed by atoms with van der Waals surface area (Å²) in [5.74, 6) is 0.313. The molecule has 0 radical (unpaired) electrons. The van der Waals surface area contributed by atoms with E-state index in [-0.39, 0.29) is 17.1 Å². The number of nitrogens with zero attached hydrogens (tertiary/aromatic N) is 3. The van der Waals surface area contributed by atoms with E-state index in [1.807, 2.05) is 30.0 Å². The zero-order valence-corrected chi connectivity index (χ0v) is 18.1. The number of carbonyl (C=O) groups is 1. The van der Waals surface area contributed by atoms with Crippen LogP contribution in [0.4, 0.5) is 23.8 Å². The lowest BCUT2D eigenvalue weighted by Crippen LogP contribution is -2.45. The van der Waals surface area contributed by atoms with Crippen molar-refractivity contribution < 1.29 is 18.0 Å². The summed E-state index contributed by atoms with van der Waals surface area (Å²) in [5.41, 5.74) is 0.358. The van der Waals surface area contributed by atoms with E-state index in [1.165, 1.54) is 5.56 Å². The highest BCUT2D eigenvalue weighted by molar-refractivity contribution is 6.33. The Morgan fingerprint density at radius 3 is 2.61 bits per heavy atom. The van der Waals surface area contributed by atoms with Crippen molar-refractivity contribution in [2.45, 2.75) is 38.4 Å². The molecule has 0 bridgehead atoms. The monoisotopic (exact) mass is 454 g/mol. The number of hydrogen-bond acceptors (Lipinski definition) is 3. The van der Waals surface area contributed by atoms with Crippen molar-refractivity contribution in [2.75, 3.05) is 31.1 Å². The van der Waals surface area contributed by atoms with Gasteiger partial charge in [-0.05, 0) is 37.8 Å². The van der Waals surface area contributed by atoms with Crippen molar-refractivity contribution >= 4 is 23.4 Å². The molecule has 9 heteroatoms. The third-order valence-electron chi connectivity index (χ3n) is 5.31. The molecule has 2 amide bonds. The van der Waals surface area contributed by atoms with Crippen molar-refractivity contribution in [1.29, 1.82) is 0 Å². The van der Waals surface area contributed by atoms with Gasteiger partial charge in [0.25, 0.3) is 0 Å². The summed E-state index contributed by atoms with van der Waals surface area (Å²) in [6.07, 6.45) is -1.30. The minimum atomic E-state index is -4.49. The Bertz CT molecular complexity index is 879. The third kappa shape index (κ3) is 6.50. The first-order valence-corrected chi connectivity index (χ1v) is 10.7. The first-order chi connectivity index (χ1) is 14.7. The lowest BCUT2D eigenvalue weighted by Gasteiger charge is -2.25. The van der Waals surface area contributed by atoms with E-state index >= 15 is 0 Å². The van der Waals surface area contributed by atoms with Crippen LogP contribution in [0.15, 0.2) is 42.6 Å². The molecule has 168 valence electrons. The summed E-state index contributed by atoms with van der Waals surface area (Å²) in [7, 11) is 0. The second kappa shape index (κ2) is 10.2. The van der Waals surface area contributed by atoms with Gasteiger partial charge in [0.05, 0.1) is 10.6 Å². The summed E-state index contributed by atoms with van der Waals surface area (Å²) in [5, 5.41) is 3.00. The van der Waals surface area contributed by atoms with Crippen molar-refractivity contribution in [3.63, 3.8) is 0 Å². The van der Waals surface area contributed by atoms with Gasteiger partial charge in [-0.1, -0.05) is 41.9 Å². The number of pyridine rings is 1. The molecule has 2 aromatic rings. The Labute approximate surface area is 185 Å². The van der Waals surface area contributed by atoms with Crippen LogP contribution < -0.4 is 10.2 Å². The average molecular weight is 455 g/mol. The average Bonchev–Trinajstić information content (AvgIpc) is 2.98. The van der Waals surface area contributed by atoms with E-state index in [0.717, 1.165) is 25.1 Å². The van der Waals surface area contributed by atoms with Crippen LogP contribution in [0.1, 0.15) is 30.9 Å². The number of rotatable bonds is 5. The molecule has 0 aliphatic carbocycles. The maximum Gasteiger partial charge on any atom is 0.417 e. The van der Waals surface area contributed by atoms with Crippen LogP contribution in [0.3, 0.4) is 0 Å². The minimum Gasteiger partial charge on any atom is -0.354 e. The van der Waals surface area contributed by atoms with Crippen LogP contribution in [-0.2, 0) is 12.6 Å². The molecule has 31 heavy (non-hydrogen) atoms.